The van der Waals surface area contributed by atoms with Crippen molar-refractivity contribution >= 4 is 6.01 Å². The van der Waals surface area contributed by atoms with E-state index in [9.17, 15) is 0 Å². The highest BCUT2D eigenvalue weighted by atomic mass is 16.5. The predicted octanol–water partition coefficient (Wildman–Crippen LogP) is 1.15. The molecule has 16 heavy (non-hydrogen) atoms. The number of rotatable bonds is 8. The summed E-state index contributed by atoms with van der Waals surface area (Å²) < 4.78 is 10.6. The smallest absolute Gasteiger partial charge is 0.315 e. The molecule has 0 aliphatic rings. The molecule has 1 aromatic heterocycles. The van der Waals surface area contributed by atoms with E-state index in [1.165, 1.54) is 0 Å². The van der Waals surface area contributed by atoms with Gasteiger partial charge in [0.15, 0.2) is 0 Å². The van der Waals surface area contributed by atoms with Crippen molar-refractivity contribution in [3.63, 3.8) is 0 Å². The van der Waals surface area contributed by atoms with Crippen LogP contribution in [0.1, 0.15) is 32.6 Å². The van der Waals surface area contributed by atoms with E-state index < -0.39 is 0 Å². The second-order valence-corrected chi connectivity index (χ2v) is 3.76. The van der Waals surface area contributed by atoms with Crippen molar-refractivity contribution in [3.8, 4) is 0 Å². The molecule has 6 nitrogen and oxygen atoms in total. The third kappa shape index (κ3) is 5.09. The maximum Gasteiger partial charge on any atom is 0.315 e. The molecule has 1 rings (SSSR count). The maximum atomic E-state index is 5.42. The van der Waals surface area contributed by atoms with Gasteiger partial charge in [0.1, 0.15) is 0 Å². The van der Waals surface area contributed by atoms with E-state index in [0.717, 1.165) is 26.0 Å². The summed E-state index contributed by atoms with van der Waals surface area (Å²) in [5.41, 5.74) is 5.35. The summed E-state index contributed by atoms with van der Waals surface area (Å²) in [5.74, 6) is 0.450. The maximum absolute atomic E-state index is 5.42. The second kappa shape index (κ2) is 7.19. The molecule has 92 valence electrons. The first kappa shape index (κ1) is 12.9. The zero-order valence-corrected chi connectivity index (χ0v) is 9.90. The number of anilines is 1. The molecular formula is C10H20N4O2. The van der Waals surface area contributed by atoms with Crippen molar-refractivity contribution < 1.29 is 9.15 Å². The van der Waals surface area contributed by atoms with Gasteiger partial charge in [-0.25, -0.2) is 0 Å². The molecule has 0 spiro atoms. The summed E-state index contributed by atoms with van der Waals surface area (Å²) in [6.45, 7) is 5.93. The van der Waals surface area contributed by atoms with Crippen LogP contribution in [0, 0.1) is 0 Å². The molecule has 0 atom stereocenters. The lowest BCUT2D eigenvalue weighted by molar-refractivity contribution is 0.0765. The molecular weight excluding hydrogens is 208 g/mol. The zero-order valence-electron chi connectivity index (χ0n) is 9.90. The van der Waals surface area contributed by atoms with E-state index in [1.54, 1.807) is 0 Å². The van der Waals surface area contributed by atoms with Crippen LogP contribution in [0.25, 0.3) is 0 Å². The van der Waals surface area contributed by atoms with E-state index in [1.807, 2.05) is 13.8 Å². The van der Waals surface area contributed by atoms with Crippen LogP contribution in [0.4, 0.5) is 6.01 Å². The van der Waals surface area contributed by atoms with Gasteiger partial charge in [-0.2, -0.15) is 0 Å². The predicted molar refractivity (Wildman–Crippen MR) is 61.0 cm³/mol. The van der Waals surface area contributed by atoms with Gasteiger partial charge in [0.25, 0.3) is 0 Å². The Morgan fingerprint density at radius 2 is 2.19 bits per heavy atom. The quantitative estimate of drug-likeness (QED) is 0.649. The first-order chi connectivity index (χ1) is 7.72. The Bertz CT molecular complexity index is 288. The SMILES string of the molecule is CC(C)OCCCCNc1nnc(CN)o1. The number of hydrogen-bond donors (Lipinski definition) is 2. The molecule has 0 bridgehead atoms. The molecule has 0 saturated heterocycles. The Labute approximate surface area is 95.6 Å². The number of ether oxygens (including phenoxy) is 1. The zero-order chi connectivity index (χ0) is 11.8. The third-order valence-electron chi connectivity index (χ3n) is 1.94. The van der Waals surface area contributed by atoms with E-state index in [-0.39, 0.29) is 6.54 Å². The van der Waals surface area contributed by atoms with Gasteiger partial charge >= 0.3 is 6.01 Å². The molecule has 1 aromatic rings. The molecule has 0 unspecified atom stereocenters. The van der Waals surface area contributed by atoms with Crippen LogP contribution in [0.2, 0.25) is 0 Å². The normalized spacial score (nSPS) is 11.0. The molecule has 0 radical (unpaired) electrons. The van der Waals surface area contributed by atoms with E-state index in [2.05, 4.69) is 15.5 Å². The fourth-order valence-electron chi connectivity index (χ4n) is 1.15. The molecule has 0 aromatic carbocycles. The van der Waals surface area contributed by atoms with Crippen molar-refractivity contribution in [3.05, 3.63) is 5.89 Å². The average Bonchev–Trinajstić information content (AvgIpc) is 2.70. The summed E-state index contributed by atoms with van der Waals surface area (Å²) in [5, 5.41) is 10.6. The van der Waals surface area contributed by atoms with Crippen LogP contribution < -0.4 is 11.1 Å². The number of nitrogens with zero attached hydrogens (tertiary/aromatic N) is 2. The molecule has 0 aliphatic heterocycles. The first-order valence-electron chi connectivity index (χ1n) is 5.60. The number of nitrogens with one attached hydrogen (secondary N) is 1. The molecule has 3 N–H and O–H groups in total. The highest BCUT2D eigenvalue weighted by Crippen LogP contribution is 2.04. The number of unbranched alkanes of at least 4 members (excludes halogenated alkanes) is 1. The van der Waals surface area contributed by atoms with Gasteiger partial charge in [-0.3, -0.25) is 0 Å². The summed E-state index contributed by atoms with van der Waals surface area (Å²) in [6, 6.07) is 0.435. The molecule has 1 heterocycles. The van der Waals surface area contributed by atoms with Crippen molar-refractivity contribution in [2.45, 2.75) is 39.3 Å². The Morgan fingerprint density at radius 1 is 1.38 bits per heavy atom. The van der Waals surface area contributed by atoms with Crippen LogP contribution in [0.15, 0.2) is 4.42 Å². The fraction of sp³-hybridized carbons (Fsp3) is 0.800. The number of nitrogens with two attached hydrogens (primary N) is 1. The largest absolute Gasteiger partial charge is 0.407 e. The van der Waals surface area contributed by atoms with Crippen molar-refractivity contribution in [2.24, 2.45) is 5.73 Å². The number of aromatic nitrogens is 2. The summed E-state index contributed by atoms with van der Waals surface area (Å²) in [6.07, 6.45) is 2.33. The van der Waals surface area contributed by atoms with E-state index in [0.29, 0.717) is 18.0 Å². The Hall–Kier alpha value is -1.14. The van der Waals surface area contributed by atoms with Gasteiger partial charge in [-0.1, -0.05) is 5.10 Å². The van der Waals surface area contributed by atoms with Gasteiger partial charge in [0.2, 0.25) is 5.89 Å². The van der Waals surface area contributed by atoms with Gasteiger partial charge in [0, 0.05) is 13.2 Å². The molecule has 0 fully saturated rings. The second-order valence-electron chi connectivity index (χ2n) is 3.76. The minimum Gasteiger partial charge on any atom is -0.407 e. The minimum absolute atomic E-state index is 0.275. The lowest BCUT2D eigenvalue weighted by Gasteiger charge is -2.06. The lowest BCUT2D eigenvalue weighted by Crippen LogP contribution is -2.07. The van der Waals surface area contributed by atoms with E-state index in [4.69, 9.17) is 14.9 Å². The highest BCUT2D eigenvalue weighted by Gasteiger charge is 2.02. The average molecular weight is 228 g/mol. The van der Waals surface area contributed by atoms with Crippen molar-refractivity contribution in [1.82, 2.24) is 10.2 Å². The Balaban J connectivity index is 2.02. The molecule has 0 saturated carbocycles. The highest BCUT2D eigenvalue weighted by molar-refractivity contribution is 5.16. The van der Waals surface area contributed by atoms with Gasteiger partial charge in [-0.05, 0) is 26.7 Å². The molecule has 0 aliphatic carbocycles. The fourth-order valence-corrected chi connectivity index (χ4v) is 1.15. The first-order valence-corrected chi connectivity index (χ1v) is 5.60. The van der Waals surface area contributed by atoms with Crippen molar-refractivity contribution in [1.29, 1.82) is 0 Å². The minimum atomic E-state index is 0.275. The van der Waals surface area contributed by atoms with Gasteiger partial charge < -0.3 is 20.2 Å². The van der Waals surface area contributed by atoms with Gasteiger partial charge in [0.05, 0.1) is 12.6 Å². The van der Waals surface area contributed by atoms with E-state index >= 15 is 0 Å². The third-order valence-corrected chi connectivity index (χ3v) is 1.94. The Kier molecular flexibility index (Phi) is 5.81. The molecule has 6 heteroatoms. The summed E-state index contributed by atoms with van der Waals surface area (Å²) in [7, 11) is 0. The van der Waals surface area contributed by atoms with Gasteiger partial charge in [-0.15, -0.1) is 5.10 Å². The summed E-state index contributed by atoms with van der Waals surface area (Å²) in [4.78, 5) is 0. The number of hydrogen-bond acceptors (Lipinski definition) is 6. The topological polar surface area (TPSA) is 86.2 Å². The van der Waals surface area contributed by atoms with Crippen LogP contribution in [-0.2, 0) is 11.3 Å². The Morgan fingerprint density at radius 3 is 2.81 bits per heavy atom. The lowest BCUT2D eigenvalue weighted by atomic mass is 10.3. The van der Waals surface area contributed by atoms with Crippen LogP contribution >= 0.6 is 0 Å². The van der Waals surface area contributed by atoms with Crippen molar-refractivity contribution in [2.75, 3.05) is 18.5 Å². The summed E-state index contributed by atoms with van der Waals surface area (Å²) >= 11 is 0. The molecule has 0 amide bonds. The monoisotopic (exact) mass is 228 g/mol. The van der Waals surface area contributed by atoms with Crippen LogP contribution in [0.5, 0.6) is 0 Å². The standard InChI is InChI=1S/C10H20N4O2/c1-8(2)15-6-4-3-5-12-10-14-13-9(7-11)16-10/h8H,3-7,11H2,1-2H3,(H,12,14). The van der Waals surface area contributed by atoms with Crippen LogP contribution in [-0.4, -0.2) is 29.5 Å². The van der Waals surface area contributed by atoms with Crippen LogP contribution in [0.3, 0.4) is 0 Å².